The van der Waals surface area contributed by atoms with E-state index < -0.39 is 0 Å². The van der Waals surface area contributed by atoms with E-state index in [1.54, 1.807) is 6.20 Å². The molecule has 3 heterocycles. The molecule has 1 unspecified atom stereocenters. The Balaban J connectivity index is 1.78. The summed E-state index contributed by atoms with van der Waals surface area (Å²) in [5, 5.41) is 3.69. The van der Waals surface area contributed by atoms with Gasteiger partial charge in [0.15, 0.2) is 5.76 Å². The van der Waals surface area contributed by atoms with Gasteiger partial charge in [-0.2, -0.15) is 0 Å². The van der Waals surface area contributed by atoms with Crippen molar-refractivity contribution in [2.45, 2.75) is 24.8 Å². The molecule has 3 rings (SSSR count). The van der Waals surface area contributed by atoms with Crippen LogP contribution in [0.1, 0.15) is 25.0 Å². The van der Waals surface area contributed by atoms with Gasteiger partial charge in [-0.3, -0.25) is 4.90 Å². The smallest absolute Gasteiger partial charge is 0.159 e. The molecule has 14 heavy (non-hydrogen) atoms. The lowest BCUT2D eigenvalue weighted by Crippen LogP contribution is -2.53. The predicted octanol–water partition coefficient (Wildman–Crippen LogP) is 1.93. The Morgan fingerprint density at radius 3 is 3.07 bits per heavy atom. The Morgan fingerprint density at radius 1 is 1.43 bits per heavy atom. The average Bonchev–Trinajstić information content (AvgIpc) is 2.75. The summed E-state index contributed by atoms with van der Waals surface area (Å²) in [5.41, 5.74) is 0.368. The van der Waals surface area contributed by atoms with Crippen molar-refractivity contribution in [2.75, 3.05) is 13.1 Å². The molecule has 0 bridgehead atoms. The van der Waals surface area contributed by atoms with Gasteiger partial charge in [-0.25, -0.2) is 0 Å². The lowest BCUT2D eigenvalue weighted by Gasteiger charge is -2.46. The lowest BCUT2D eigenvalue weighted by atomic mass is 9.84. The van der Waals surface area contributed by atoms with Gasteiger partial charge in [0.25, 0.3) is 0 Å². The maximum Gasteiger partial charge on any atom is 0.159 e. The highest BCUT2D eigenvalue weighted by atomic mass is 16.5. The second kappa shape index (κ2) is 2.95. The van der Waals surface area contributed by atoms with E-state index in [0.717, 1.165) is 5.76 Å². The number of aromatic nitrogens is 1. The Kier molecular flexibility index (Phi) is 1.74. The number of fused-ring (bicyclic) bond motifs is 1. The van der Waals surface area contributed by atoms with Crippen LogP contribution in [0.4, 0.5) is 0 Å². The molecule has 0 aromatic carbocycles. The van der Waals surface area contributed by atoms with Crippen molar-refractivity contribution in [3.05, 3.63) is 24.1 Å². The van der Waals surface area contributed by atoms with E-state index in [4.69, 9.17) is 4.52 Å². The molecule has 2 saturated heterocycles. The van der Waals surface area contributed by atoms with Crippen molar-refractivity contribution in [3.8, 4) is 0 Å². The third-order valence-corrected chi connectivity index (χ3v) is 3.50. The maximum absolute atomic E-state index is 5.04. The van der Waals surface area contributed by atoms with Crippen LogP contribution in [0.3, 0.4) is 0 Å². The van der Waals surface area contributed by atoms with E-state index in [9.17, 15) is 0 Å². The summed E-state index contributed by atoms with van der Waals surface area (Å²) >= 11 is 0. The van der Waals surface area contributed by atoms with Gasteiger partial charge in [0.2, 0.25) is 0 Å². The third-order valence-electron chi connectivity index (χ3n) is 3.50. The minimum absolute atomic E-state index is 0.368. The van der Waals surface area contributed by atoms with E-state index in [2.05, 4.69) is 22.2 Å². The van der Waals surface area contributed by atoms with Crippen molar-refractivity contribution in [2.24, 2.45) is 0 Å². The monoisotopic (exact) mass is 190 g/mol. The van der Waals surface area contributed by atoms with Crippen LogP contribution in [0.2, 0.25) is 0 Å². The van der Waals surface area contributed by atoms with Gasteiger partial charge in [0.1, 0.15) is 0 Å². The fraction of sp³-hybridized carbons (Fsp3) is 0.545. The van der Waals surface area contributed by atoms with Crippen molar-refractivity contribution in [1.29, 1.82) is 0 Å². The Labute approximate surface area is 83.4 Å². The number of rotatable bonds is 2. The minimum Gasteiger partial charge on any atom is -0.357 e. The van der Waals surface area contributed by atoms with Gasteiger partial charge in [0.05, 0.1) is 6.20 Å². The first kappa shape index (κ1) is 8.24. The Hall–Kier alpha value is -1.09. The largest absolute Gasteiger partial charge is 0.357 e. The van der Waals surface area contributed by atoms with E-state index in [1.807, 2.05) is 6.07 Å². The second-order valence-corrected chi connectivity index (χ2v) is 4.19. The van der Waals surface area contributed by atoms with Crippen LogP contribution in [0.25, 0.3) is 6.08 Å². The van der Waals surface area contributed by atoms with Crippen molar-refractivity contribution in [1.82, 2.24) is 10.1 Å². The van der Waals surface area contributed by atoms with Crippen molar-refractivity contribution < 1.29 is 4.52 Å². The van der Waals surface area contributed by atoms with Crippen LogP contribution in [0.5, 0.6) is 0 Å². The quantitative estimate of drug-likeness (QED) is 0.713. The molecular formula is C11H14N2O. The molecule has 1 aromatic rings. The average molecular weight is 190 g/mol. The fourth-order valence-electron chi connectivity index (χ4n) is 2.57. The maximum atomic E-state index is 5.04. The van der Waals surface area contributed by atoms with Crippen molar-refractivity contribution >= 4 is 6.08 Å². The fourth-order valence-corrected chi connectivity index (χ4v) is 2.57. The van der Waals surface area contributed by atoms with E-state index in [0.29, 0.717) is 5.54 Å². The molecule has 2 fully saturated rings. The Morgan fingerprint density at radius 2 is 2.43 bits per heavy atom. The molecule has 0 amide bonds. The summed E-state index contributed by atoms with van der Waals surface area (Å²) in [4.78, 5) is 2.56. The third kappa shape index (κ3) is 1.12. The highest BCUT2D eigenvalue weighted by Gasteiger charge is 2.45. The highest BCUT2D eigenvalue weighted by molar-refractivity contribution is 5.45. The van der Waals surface area contributed by atoms with Crippen LogP contribution in [-0.4, -0.2) is 28.7 Å². The number of hydrogen-bond donors (Lipinski definition) is 0. The molecule has 0 aliphatic carbocycles. The van der Waals surface area contributed by atoms with Gasteiger partial charge in [-0.1, -0.05) is 11.2 Å². The van der Waals surface area contributed by atoms with Crippen LogP contribution >= 0.6 is 0 Å². The minimum atomic E-state index is 0.368. The molecule has 0 saturated carbocycles. The van der Waals surface area contributed by atoms with Gasteiger partial charge < -0.3 is 4.52 Å². The van der Waals surface area contributed by atoms with Crippen LogP contribution < -0.4 is 0 Å². The van der Waals surface area contributed by atoms with Gasteiger partial charge in [-0.15, -0.1) is 0 Å². The van der Waals surface area contributed by atoms with Gasteiger partial charge >= 0.3 is 0 Å². The zero-order valence-electron chi connectivity index (χ0n) is 8.15. The van der Waals surface area contributed by atoms with Crippen molar-refractivity contribution in [3.63, 3.8) is 0 Å². The second-order valence-electron chi connectivity index (χ2n) is 4.19. The predicted molar refractivity (Wildman–Crippen MR) is 53.7 cm³/mol. The molecule has 3 nitrogen and oxygen atoms in total. The van der Waals surface area contributed by atoms with Crippen LogP contribution in [-0.2, 0) is 0 Å². The topological polar surface area (TPSA) is 29.3 Å². The normalized spacial score (nSPS) is 32.0. The molecule has 1 atom stereocenters. The summed E-state index contributed by atoms with van der Waals surface area (Å²) in [6.07, 6.45) is 9.98. The van der Waals surface area contributed by atoms with Crippen LogP contribution in [0, 0.1) is 0 Å². The number of hydrogen-bond acceptors (Lipinski definition) is 3. The molecule has 2 aliphatic rings. The summed E-state index contributed by atoms with van der Waals surface area (Å²) in [6.45, 7) is 2.53. The van der Waals surface area contributed by atoms with Gasteiger partial charge in [-0.05, 0) is 31.9 Å². The molecule has 2 aliphatic heterocycles. The number of nitrogens with zero attached hydrogens (tertiary/aromatic N) is 2. The highest BCUT2D eigenvalue weighted by Crippen LogP contribution is 2.41. The lowest BCUT2D eigenvalue weighted by molar-refractivity contribution is 0.0720. The molecule has 0 spiro atoms. The first-order chi connectivity index (χ1) is 6.89. The van der Waals surface area contributed by atoms with Gasteiger partial charge in [0, 0.05) is 18.2 Å². The first-order valence-electron chi connectivity index (χ1n) is 5.24. The summed E-state index contributed by atoms with van der Waals surface area (Å²) in [6, 6.07) is 1.89. The first-order valence-corrected chi connectivity index (χ1v) is 5.24. The van der Waals surface area contributed by atoms with E-state index in [-0.39, 0.29) is 0 Å². The summed E-state index contributed by atoms with van der Waals surface area (Å²) < 4.78 is 5.04. The molecule has 0 N–H and O–H groups in total. The molecule has 0 radical (unpaired) electrons. The molecule has 74 valence electrons. The Bertz CT molecular complexity index is 344. The molecule has 1 aromatic heterocycles. The SMILES string of the molecule is C(=C/C12CCCN1CC2)/c1ccno1. The standard InChI is InChI=1S/C11H14N2O/c1-4-11(6-9-13(11)8-1)5-2-10-3-7-12-14-10/h2-3,5,7H,1,4,6,8-9H2/b5-2-. The van der Waals surface area contributed by atoms with Crippen LogP contribution in [0.15, 0.2) is 22.9 Å². The summed E-state index contributed by atoms with van der Waals surface area (Å²) in [5.74, 6) is 0.859. The molecular weight excluding hydrogens is 176 g/mol. The molecule has 3 heteroatoms. The zero-order valence-corrected chi connectivity index (χ0v) is 8.15. The zero-order chi connectivity index (χ0) is 9.43. The summed E-state index contributed by atoms with van der Waals surface area (Å²) in [7, 11) is 0. The van der Waals surface area contributed by atoms with E-state index >= 15 is 0 Å². The van der Waals surface area contributed by atoms with E-state index in [1.165, 1.54) is 32.4 Å².